The minimum Gasteiger partial charge on any atom is -0.396 e. The van der Waals surface area contributed by atoms with Crippen molar-refractivity contribution in [2.24, 2.45) is 0 Å². The first-order chi connectivity index (χ1) is 10.1. The SMILES string of the molecule is CC(CCCO)NC(=O)c1ccn(-c2ccccc2Cl)n1. The number of rotatable bonds is 6. The number of carbonyl (C=O) groups is 1. The number of halogens is 1. The molecule has 0 saturated carbocycles. The van der Waals surface area contributed by atoms with Gasteiger partial charge in [0, 0.05) is 18.8 Å². The molecule has 21 heavy (non-hydrogen) atoms. The maximum atomic E-state index is 12.1. The molecule has 0 aliphatic rings. The van der Waals surface area contributed by atoms with Crippen LogP contribution < -0.4 is 5.32 Å². The zero-order valence-electron chi connectivity index (χ0n) is 11.8. The third kappa shape index (κ3) is 4.06. The van der Waals surface area contributed by atoms with Gasteiger partial charge in [0.25, 0.3) is 5.91 Å². The van der Waals surface area contributed by atoms with Gasteiger partial charge in [-0.2, -0.15) is 5.10 Å². The van der Waals surface area contributed by atoms with Gasteiger partial charge >= 0.3 is 0 Å². The Bertz CT molecular complexity index is 612. The Hall–Kier alpha value is -1.85. The van der Waals surface area contributed by atoms with Crippen LogP contribution in [0.15, 0.2) is 36.5 Å². The molecule has 0 aliphatic carbocycles. The van der Waals surface area contributed by atoms with Gasteiger partial charge in [-0.25, -0.2) is 4.68 Å². The summed E-state index contributed by atoms with van der Waals surface area (Å²) in [5.41, 5.74) is 1.07. The topological polar surface area (TPSA) is 67.2 Å². The minimum absolute atomic E-state index is 0.00452. The average Bonchev–Trinajstić information content (AvgIpc) is 2.95. The lowest BCUT2D eigenvalue weighted by molar-refractivity contribution is 0.0931. The average molecular weight is 308 g/mol. The Morgan fingerprint density at radius 3 is 2.90 bits per heavy atom. The van der Waals surface area contributed by atoms with Crippen molar-refractivity contribution in [1.82, 2.24) is 15.1 Å². The van der Waals surface area contributed by atoms with Crippen molar-refractivity contribution in [3.63, 3.8) is 0 Å². The van der Waals surface area contributed by atoms with Crippen LogP contribution in [-0.4, -0.2) is 33.4 Å². The normalized spacial score (nSPS) is 12.1. The lowest BCUT2D eigenvalue weighted by Gasteiger charge is -2.11. The highest BCUT2D eigenvalue weighted by molar-refractivity contribution is 6.32. The molecule has 2 N–H and O–H groups in total. The van der Waals surface area contributed by atoms with Gasteiger partial charge in [-0.3, -0.25) is 4.79 Å². The van der Waals surface area contributed by atoms with Crippen LogP contribution in [0, 0.1) is 0 Å². The van der Waals surface area contributed by atoms with E-state index in [9.17, 15) is 4.79 Å². The van der Waals surface area contributed by atoms with Crippen molar-refractivity contribution < 1.29 is 9.90 Å². The first kappa shape index (κ1) is 15.5. The largest absolute Gasteiger partial charge is 0.396 e. The highest BCUT2D eigenvalue weighted by Crippen LogP contribution is 2.19. The van der Waals surface area contributed by atoms with Gasteiger partial charge in [0.1, 0.15) is 0 Å². The lowest BCUT2D eigenvalue weighted by Crippen LogP contribution is -2.33. The summed E-state index contributed by atoms with van der Waals surface area (Å²) in [5, 5.41) is 16.5. The van der Waals surface area contributed by atoms with E-state index in [1.54, 1.807) is 23.0 Å². The molecule has 5 nitrogen and oxygen atoms in total. The maximum Gasteiger partial charge on any atom is 0.271 e. The molecule has 112 valence electrons. The van der Waals surface area contributed by atoms with Crippen molar-refractivity contribution in [3.8, 4) is 5.69 Å². The predicted molar refractivity (Wildman–Crippen MR) is 81.8 cm³/mol. The fourth-order valence-electron chi connectivity index (χ4n) is 1.98. The molecule has 0 spiro atoms. The van der Waals surface area contributed by atoms with Gasteiger partial charge < -0.3 is 10.4 Å². The molecule has 2 rings (SSSR count). The number of nitrogens with zero attached hydrogens (tertiary/aromatic N) is 2. The molecule has 2 aromatic rings. The van der Waals surface area contributed by atoms with Crippen LogP contribution in [0.5, 0.6) is 0 Å². The standard InChI is InChI=1S/C15H18ClN3O2/c1-11(5-4-10-20)17-15(21)13-8-9-19(18-13)14-7-3-2-6-12(14)16/h2-3,6-9,11,20H,4-5,10H2,1H3,(H,17,21). The molecule has 1 unspecified atom stereocenters. The zero-order valence-corrected chi connectivity index (χ0v) is 12.5. The van der Waals surface area contributed by atoms with Gasteiger partial charge in [0.05, 0.1) is 10.7 Å². The lowest BCUT2D eigenvalue weighted by atomic mass is 10.2. The molecule has 1 atom stereocenters. The highest BCUT2D eigenvalue weighted by atomic mass is 35.5. The van der Waals surface area contributed by atoms with E-state index in [2.05, 4.69) is 10.4 Å². The first-order valence-electron chi connectivity index (χ1n) is 6.84. The molecule has 0 fully saturated rings. The summed E-state index contributed by atoms with van der Waals surface area (Å²) in [7, 11) is 0. The van der Waals surface area contributed by atoms with E-state index in [4.69, 9.17) is 16.7 Å². The number of nitrogens with one attached hydrogen (secondary N) is 1. The number of aliphatic hydroxyl groups is 1. The Balaban J connectivity index is 2.06. The highest BCUT2D eigenvalue weighted by Gasteiger charge is 2.13. The Morgan fingerprint density at radius 1 is 1.43 bits per heavy atom. The van der Waals surface area contributed by atoms with Crippen LogP contribution >= 0.6 is 11.6 Å². The first-order valence-corrected chi connectivity index (χ1v) is 7.22. The summed E-state index contributed by atoms with van der Waals surface area (Å²) < 4.78 is 1.58. The Morgan fingerprint density at radius 2 is 2.19 bits per heavy atom. The minimum atomic E-state index is -0.230. The maximum absolute atomic E-state index is 12.1. The summed E-state index contributed by atoms with van der Waals surface area (Å²) in [4.78, 5) is 12.1. The van der Waals surface area contributed by atoms with Crippen LogP contribution in [-0.2, 0) is 0 Å². The van der Waals surface area contributed by atoms with Crippen molar-refractivity contribution in [2.75, 3.05) is 6.61 Å². The van der Waals surface area contributed by atoms with Crippen LogP contribution in [0.4, 0.5) is 0 Å². The number of benzene rings is 1. The second-order valence-electron chi connectivity index (χ2n) is 4.84. The predicted octanol–water partition coefficient (Wildman–Crippen LogP) is 2.42. The molecule has 6 heteroatoms. The fourth-order valence-corrected chi connectivity index (χ4v) is 2.21. The second-order valence-corrected chi connectivity index (χ2v) is 5.24. The molecule has 0 saturated heterocycles. The zero-order chi connectivity index (χ0) is 15.2. The fraction of sp³-hybridized carbons (Fsp3) is 0.333. The van der Waals surface area contributed by atoms with E-state index < -0.39 is 0 Å². The molecule has 0 aliphatic heterocycles. The number of hydrogen-bond donors (Lipinski definition) is 2. The van der Waals surface area contributed by atoms with Crippen molar-refractivity contribution in [3.05, 3.63) is 47.2 Å². The van der Waals surface area contributed by atoms with Gasteiger partial charge in [-0.1, -0.05) is 23.7 Å². The molecule has 1 aromatic carbocycles. The molecular weight excluding hydrogens is 290 g/mol. The summed E-state index contributed by atoms with van der Waals surface area (Å²) in [6.07, 6.45) is 3.09. The quantitative estimate of drug-likeness (QED) is 0.861. The summed E-state index contributed by atoms with van der Waals surface area (Å²) in [5.74, 6) is -0.230. The molecule has 0 bridgehead atoms. The van der Waals surface area contributed by atoms with Gasteiger partial charge in [0.2, 0.25) is 0 Å². The van der Waals surface area contributed by atoms with E-state index in [1.165, 1.54) is 0 Å². The molecule has 1 aromatic heterocycles. The van der Waals surface area contributed by atoms with Gasteiger partial charge in [-0.05, 0) is 38.0 Å². The van der Waals surface area contributed by atoms with Crippen LogP contribution in [0.2, 0.25) is 5.02 Å². The van der Waals surface area contributed by atoms with Gasteiger partial charge in [-0.15, -0.1) is 0 Å². The number of hydrogen-bond acceptors (Lipinski definition) is 3. The number of aromatic nitrogens is 2. The number of amides is 1. The van der Waals surface area contributed by atoms with Crippen LogP contribution in [0.25, 0.3) is 5.69 Å². The summed E-state index contributed by atoms with van der Waals surface area (Å²) >= 11 is 6.10. The van der Waals surface area contributed by atoms with E-state index in [-0.39, 0.29) is 18.6 Å². The molecule has 0 radical (unpaired) electrons. The summed E-state index contributed by atoms with van der Waals surface area (Å²) in [6.45, 7) is 2.03. The molecular formula is C15H18ClN3O2. The third-order valence-electron chi connectivity index (χ3n) is 3.09. The summed E-state index contributed by atoms with van der Waals surface area (Å²) in [6, 6.07) is 8.95. The van der Waals surface area contributed by atoms with E-state index in [0.717, 1.165) is 12.1 Å². The van der Waals surface area contributed by atoms with Crippen LogP contribution in [0.1, 0.15) is 30.3 Å². The van der Waals surface area contributed by atoms with Crippen molar-refractivity contribution in [2.45, 2.75) is 25.8 Å². The number of aliphatic hydroxyl groups excluding tert-OH is 1. The molecule has 1 amide bonds. The van der Waals surface area contributed by atoms with E-state index in [0.29, 0.717) is 17.1 Å². The number of para-hydroxylation sites is 1. The van der Waals surface area contributed by atoms with Gasteiger partial charge in [0.15, 0.2) is 5.69 Å². The third-order valence-corrected chi connectivity index (χ3v) is 3.41. The monoisotopic (exact) mass is 307 g/mol. The smallest absolute Gasteiger partial charge is 0.271 e. The van der Waals surface area contributed by atoms with Crippen molar-refractivity contribution in [1.29, 1.82) is 0 Å². The van der Waals surface area contributed by atoms with E-state index >= 15 is 0 Å². The number of carbonyl (C=O) groups excluding carboxylic acids is 1. The Labute approximate surface area is 128 Å². The molecule has 1 heterocycles. The Kier molecular flexibility index (Phi) is 5.36. The second kappa shape index (κ2) is 7.24. The van der Waals surface area contributed by atoms with Crippen molar-refractivity contribution >= 4 is 17.5 Å². The van der Waals surface area contributed by atoms with E-state index in [1.807, 2.05) is 25.1 Å². The van der Waals surface area contributed by atoms with Crippen LogP contribution in [0.3, 0.4) is 0 Å².